The molecule has 6 nitrogen and oxygen atoms in total. The summed E-state index contributed by atoms with van der Waals surface area (Å²) in [7, 11) is 0. The van der Waals surface area contributed by atoms with Gasteiger partial charge in [-0.1, -0.05) is 25.1 Å². The second-order valence-corrected chi connectivity index (χ2v) is 6.88. The van der Waals surface area contributed by atoms with E-state index in [1.807, 2.05) is 56.3 Å². The molecule has 0 radical (unpaired) electrons. The molecule has 2 aromatic heterocycles. The Morgan fingerprint density at radius 2 is 1.79 bits per heavy atom. The van der Waals surface area contributed by atoms with E-state index in [1.54, 1.807) is 4.57 Å². The van der Waals surface area contributed by atoms with Crippen LogP contribution in [-0.4, -0.2) is 27.1 Å². The molecule has 0 amide bonds. The Bertz CT molecular complexity index is 1210. The smallest absolute Gasteiger partial charge is 0.344 e. The summed E-state index contributed by atoms with van der Waals surface area (Å²) in [4.78, 5) is 22.2. The lowest BCUT2D eigenvalue weighted by molar-refractivity contribution is 0.0508. The molecule has 0 aliphatic heterocycles. The van der Waals surface area contributed by atoms with Gasteiger partial charge in [0.2, 0.25) is 0 Å². The van der Waals surface area contributed by atoms with Crippen LogP contribution in [0.2, 0.25) is 0 Å². The first-order valence-corrected chi connectivity index (χ1v) is 9.32. The van der Waals surface area contributed by atoms with Crippen LogP contribution >= 0.6 is 0 Å². The normalized spacial score (nSPS) is 11.2. The molecule has 4 rings (SSSR count). The van der Waals surface area contributed by atoms with Crippen LogP contribution in [0.25, 0.3) is 27.9 Å². The van der Waals surface area contributed by atoms with Crippen molar-refractivity contribution in [1.29, 1.82) is 0 Å². The van der Waals surface area contributed by atoms with E-state index in [0.29, 0.717) is 23.3 Å². The Kier molecular flexibility index (Phi) is 4.47. The van der Waals surface area contributed by atoms with Crippen molar-refractivity contribution in [2.75, 3.05) is 12.3 Å². The summed E-state index contributed by atoms with van der Waals surface area (Å²) < 4.78 is 7.15. The Hall–Kier alpha value is -3.41. The topological polar surface area (TPSA) is 83.0 Å². The highest BCUT2D eigenvalue weighted by molar-refractivity contribution is 6.09. The molecule has 4 aromatic rings. The number of nitrogens with zero attached hydrogens (tertiary/aromatic N) is 3. The molecule has 0 bridgehead atoms. The van der Waals surface area contributed by atoms with Crippen molar-refractivity contribution in [3.63, 3.8) is 0 Å². The van der Waals surface area contributed by atoms with Gasteiger partial charge in [0.1, 0.15) is 16.9 Å². The summed E-state index contributed by atoms with van der Waals surface area (Å²) in [6.45, 7) is 6.37. The third kappa shape index (κ3) is 2.87. The fourth-order valence-electron chi connectivity index (χ4n) is 3.26. The van der Waals surface area contributed by atoms with E-state index in [-0.39, 0.29) is 11.4 Å². The molecular weight excluding hydrogens is 352 g/mol. The maximum absolute atomic E-state index is 12.8. The summed E-state index contributed by atoms with van der Waals surface area (Å²) in [5, 5.41) is 0. The number of fused-ring (bicyclic) bond motifs is 2. The molecule has 0 unspecified atom stereocenters. The third-order valence-electron chi connectivity index (χ3n) is 4.89. The maximum Gasteiger partial charge on any atom is 0.344 e. The first kappa shape index (κ1) is 18.0. The number of hydrogen-bond donors (Lipinski definition) is 1. The Morgan fingerprint density at radius 1 is 1.07 bits per heavy atom. The van der Waals surface area contributed by atoms with Gasteiger partial charge < -0.3 is 10.5 Å². The van der Waals surface area contributed by atoms with Gasteiger partial charge in [-0.3, -0.25) is 4.57 Å². The lowest BCUT2D eigenvalue weighted by Gasteiger charge is -2.10. The first-order valence-electron chi connectivity index (χ1n) is 9.32. The Balaban J connectivity index is 2.05. The average Bonchev–Trinajstić information content (AvgIpc) is 2.97. The molecule has 0 aliphatic carbocycles. The highest BCUT2D eigenvalue weighted by Crippen LogP contribution is 2.32. The fraction of sp³-hybridized carbons (Fsp3) is 0.227. The van der Waals surface area contributed by atoms with Crippen molar-refractivity contribution in [3.8, 4) is 5.69 Å². The Labute approximate surface area is 163 Å². The van der Waals surface area contributed by atoms with Crippen molar-refractivity contribution in [3.05, 3.63) is 59.2 Å². The monoisotopic (exact) mass is 374 g/mol. The quantitative estimate of drug-likeness (QED) is 0.537. The van der Waals surface area contributed by atoms with Crippen molar-refractivity contribution in [1.82, 2.24) is 14.5 Å². The van der Waals surface area contributed by atoms with E-state index in [2.05, 4.69) is 11.9 Å². The van der Waals surface area contributed by atoms with Crippen LogP contribution in [0.4, 0.5) is 5.82 Å². The van der Waals surface area contributed by atoms with Gasteiger partial charge in [0.05, 0.1) is 17.6 Å². The number of anilines is 1. The fourth-order valence-corrected chi connectivity index (χ4v) is 3.26. The number of rotatable bonds is 4. The minimum absolute atomic E-state index is 0.264. The molecule has 0 saturated carbocycles. The minimum Gasteiger partial charge on any atom is -0.462 e. The average molecular weight is 374 g/mol. The molecule has 2 N–H and O–H groups in total. The van der Waals surface area contributed by atoms with Crippen LogP contribution in [0.1, 0.15) is 34.8 Å². The highest BCUT2D eigenvalue weighted by atomic mass is 16.5. The molecule has 2 aromatic carbocycles. The van der Waals surface area contributed by atoms with E-state index in [9.17, 15) is 4.79 Å². The van der Waals surface area contributed by atoms with Crippen LogP contribution in [0.15, 0.2) is 42.5 Å². The van der Waals surface area contributed by atoms with E-state index in [4.69, 9.17) is 15.5 Å². The van der Waals surface area contributed by atoms with Gasteiger partial charge in [-0.05, 0) is 55.7 Å². The van der Waals surface area contributed by atoms with Crippen molar-refractivity contribution in [2.24, 2.45) is 0 Å². The number of nitrogen functional groups attached to an aromatic ring is 1. The Morgan fingerprint density at radius 3 is 2.46 bits per heavy atom. The molecule has 2 heterocycles. The van der Waals surface area contributed by atoms with Crippen LogP contribution in [0.5, 0.6) is 0 Å². The molecule has 0 atom stereocenters. The molecule has 0 aliphatic rings. The van der Waals surface area contributed by atoms with E-state index in [0.717, 1.165) is 23.2 Å². The zero-order chi connectivity index (χ0) is 19.8. The molecule has 28 heavy (non-hydrogen) atoms. The first-order chi connectivity index (χ1) is 13.5. The van der Waals surface area contributed by atoms with Gasteiger partial charge in [-0.2, -0.15) is 0 Å². The van der Waals surface area contributed by atoms with Gasteiger partial charge in [-0.15, -0.1) is 0 Å². The largest absolute Gasteiger partial charge is 0.462 e. The zero-order valence-corrected chi connectivity index (χ0v) is 16.2. The highest BCUT2D eigenvalue weighted by Gasteiger charge is 2.25. The number of nitrogens with two attached hydrogens (primary N) is 1. The second kappa shape index (κ2) is 6.96. The number of esters is 1. The zero-order valence-electron chi connectivity index (χ0n) is 16.2. The van der Waals surface area contributed by atoms with E-state index < -0.39 is 5.97 Å². The van der Waals surface area contributed by atoms with Gasteiger partial charge in [0, 0.05) is 5.69 Å². The molecule has 142 valence electrons. The summed E-state index contributed by atoms with van der Waals surface area (Å²) in [6.07, 6.45) is 0.732. The minimum atomic E-state index is -0.475. The second-order valence-electron chi connectivity index (χ2n) is 6.88. The van der Waals surface area contributed by atoms with Crippen molar-refractivity contribution >= 4 is 34.0 Å². The SMILES string of the molecule is CCCOC(=O)c1c(N)n(-c2ccc(C)c(C)c2)c2nc3ccccc3nc12. The van der Waals surface area contributed by atoms with Crippen LogP contribution < -0.4 is 5.73 Å². The number of para-hydroxylation sites is 2. The number of aryl methyl sites for hydroxylation is 2. The summed E-state index contributed by atoms with van der Waals surface area (Å²) in [5.74, 6) is -0.189. The number of aromatic nitrogens is 3. The summed E-state index contributed by atoms with van der Waals surface area (Å²) in [6, 6.07) is 13.6. The van der Waals surface area contributed by atoms with Gasteiger partial charge >= 0.3 is 5.97 Å². The predicted octanol–water partition coefficient (Wildman–Crippen LogP) is 4.34. The van der Waals surface area contributed by atoms with Gasteiger partial charge in [-0.25, -0.2) is 14.8 Å². The summed E-state index contributed by atoms with van der Waals surface area (Å²) in [5.41, 5.74) is 12.3. The van der Waals surface area contributed by atoms with Crippen LogP contribution in [0.3, 0.4) is 0 Å². The van der Waals surface area contributed by atoms with Gasteiger partial charge in [0.25, 0.3) is 0 Å². The number of ether oxygens (including phenoxy) is 1. The molecule has 0 spiro atoms. The molecule has 0 saturated heterocycles. The number of carbonyl (C=O) groups excluding carboxylic acids is 1. The summed E-state index contributed by atoms with van der Waals surface area (Å²) >= 11 is 0. The van der Waals surface area contributed by atoms with Gasteiger partial charge in [0.15, 0.2) is 5.65 Å². The lowest BCUT2D eigenvalue weighted by atomic mass is 10.1. The van der Waals surface area contributed by atoms with Crippen molar-refractivity contribution < 1.29 is 9.53 Å². The molecule has 6 heteroatoms. The molecular formula is C22H22N4O2. The predicted molar refractivity (Wildman–Crippen MR) is 111 cm³/mol. The maximum atomic E-state index is 12.8. The number of benzene rings is 2. The standard InChI is InChI=1S/C22H22N4O2/c1-4-11-28-22(27)18-19-21(25-17-8-6-5-7-16(17)24-19)26(20(18)23)15-10-9-13(2)14(3)12-15/h5-10,12H,4,11,23H2,1-3H3. The van der Waals surface area contributed by atoms with Crippen LogP contribution in [-0.2, 0) is 4.74 Å². The number of carbonyl (C=O) groups is 1. The van der Waals surface area contributed by atoms with E-state index in [1.165, 1.54) is 5.56 Å². The van der Waals surface area contributed by atoms with Crippen molar-refractivity contribution in [2.45, 2.75) is 27.2 Å². The number of hydrogen-bond acceptors (Lipinski definition) is 5. The van der Waals surface area contributed by atoms with E-state index >= 15 is 0 Å². The third-order valence-corrected chi connectivity index (χ3v) is 4.89. The molecule has 0 fully saturated rings. The van der Waals surface area contributed by atoms with Crippen LogP contribution in [0, 0.1) is 13.8 Å². The lowest BCUT2D eigenvalue weighted by Crippen LogP contribution is -2.10.